The fourth-order valence-corrected chi connectivity index (χ4v) is 3.10. The van der Waals surface area contributed by atoms with Crippen molar-refractivity contribution in [3.63, 3.8) is 0 Å². The van der Waals surface area contributed by atoms with Gasteiger partial charge in [0.1, 0.15) is 11.4 Å². The summed E-state index contributed by atoms with van der Waals surface area (Å²) in [4.78, 5) is 14.0. The molecule has 1 unspecified atom stereocenters. The number of carbonyl (C=O) groups is 1. The van der Waals surface area contributed by atoms with E-state index in [9.17, 15) is 9.90 Å². The van der Waals surface area contributed by atoms with E-state index in [-0.39, 0.29) is 12.6 Å². The van der Waals surface area contributed by atoms with Crippen molar-refractivity contribution in [2.45, 2.75) is 45.4 Å². The summed E-state index contributed by atoms with van der Waals surface area (Å²) in [5.41, 5.74) is 1.45. The Morgan fingerprint density at radius 2 is 2.09 bits per heavy atom. The van der Waals surface area contributed by atoms with Crippen LogP contribution in [0.1, 0.15) is 31.9 Å². The number of benzene rings is 1. The SMILES string of the molecule is COc1ccc(Br)c2c1CN(C(=O)OC(C)(C)C)C(CO)C2. The maximum absolute atomic E-state index is 12.4. The Hall–Kier alpha value is -1.27. The predicted molar refractivity (Wildman–Crippen MR) is 87.0 cm³/mol. The average molecular weight is 372 g/mol. The lowest BCUT2D eigenvalue weighted by Crippen LogP contribution is -2.48. The molecule has 22 heavy (non-hydrogen) atoms. The Morgan fingerprint density at radius 1 is 1.41 bits per heavy atom. The van der Waals surface area contributed by atoms with Crippen molar-refractivity contribution < 1.29 is 19.4 Å². The van der Waals surface area contributed by atoms with Crippen molar-refractivity contribution in [1.29, 1.82) is 0 Å². The largest absolute Gasteiger partial charge is 0.496 e. The molecule has 1 aromatic rings. The lowest BCUT2D eigenvalue weighted by Gasteiger charge is -2.37. The topological polar surface area (TPSA) is 59.0 Å². The molecule has 0 saturated heterocycles. The van der Waals surface area contributed by atoms with Gasteiger partial charge < -0.3 is 14.6 Å². The van der Waals surface area contributed by atoms with Crippen LogP contribution in [0, 0.1) is 0 Å². The minimum Gasteiger partial charge on any atom is -0.496 e. The van der Waals surface area contributed by atoms with Crippen molar-refractivity contribution >= 4 is 22.0 Å². The van der Waals surface area contributed by atoms with Crippen molar-refractivity contribution in [3.8, 4) is 5.75 Å². The van der Waals surface area contributed by atoms with Gasteiger partial charge in [-0.2, -0.15) is 0 Å². The molecule has 1 aliphatic heterocycles. The molecule has 0 bridgehead atoms. The van der Waals surface area contributed by atoms with E-state index in [2.05, 4.69) is 15.9 Å². The van der Waals surface area contributed by atoms with Crippen molar-refractivity contribution in [2.75, 3.05) is 13.7 Å². The molecule has 1 heterocycles. The number of carbonyl (C=O) groups excluding carboxylic acids is 1. The van der Waals surface area contributed by atoms with E-state index in [4.69, 9.17) is 9.47 Å². The van der Waals surface area contributed by atoms with E-state index in [0.29, 0.717) is 13.0 Å². The van der Waals surface area contributed by atoms with Crippen LogP contribution in [0.25, 0.3) is 0 Å². The van der Waals surface area contributed by atoms with Gasteiger partial charge in [-0.05, 0) is 44.9 Å². The number of aliphatic hydroxyl groups is 1. The van der Waals surface area contributed by atoms with Gasteiger partial charge in [0.05, 0.1) is 26.3 Å². The van der Waals surface area contributed by atoms with Gasteiger partial charge in [0, 0.05) is 10.0 Å². The van der Waals surface area contributed by atoms with Crippen LogP contribution in [-0.4, -0.2) is 41.5 Å². The molecule has 1 amide bonds. The van der Waals surface area contributed by atoms with Gasteiger partial charge in [0.25, 0.3) is 0 Å². The van der Waals surface area contributed by atoms with Crippen LogP contribution in [0.5, 0.6) is 5.75 Å². The zero-order valence-electron chi connectivity index (χ0n) is 13.4. The lowest BCUT2D eigenvalue weighted by atomic mass is 9.94. The van der Waals surface area contributed by atoms with Gasteiger partial charge in [-0.3, -0.25) is 4.90 Å². The van der Waals surface area contributed by atoms with Crippen LogP contribution in [0.2, 0.25) is 0 Å². The van der Waals surface area contributed by atoms with Gasteiger partial charge in [-0.1, -0.05) is 15.9 Å². The van der Waals surface area contributed by atoms with Gasteiger partial charge >= 0.3 is 6.09 Å². The number of ether oxygens (including phenoxy) is 2. The standard InChI is InChI=1S/C16H22BrNO4/c1-16(2,3)22-15(20)18-8-12-11(7-10(18)9-19)13(17)5-6-14(12)21-4/h5-6,10,19H,7-9H2,1-4H3. The molecule has 122 valence electrons. The number of amides is 1. The maximum Gasteiger partial charge on any atom is 0.410 e. The van der Waals surface area contributed by atoms with Crippen molar-refractivity contribution in [2.24, 2.45) is 0 Å². The first-order chi connectivity index (χ1) is 10.3. The Bertz CT molecular complexity index is 568. The molecular weight excluding hydrogens is 350 g/mol. The zero-order valence-corrected chi connectivity index (χ0v) is 14.9. The normalized spacial score (nSPS) is 17.9. The highest BCUT2D eigenvalue weighted by atomic mass is 79.9. The number of methoxy groups -OCH3 is 1. The van der Waals surface area contributed by atoms with Gasteiger partial charge in [0.2, 0.25) is 0 Å². The third kappa shape index (κ3) is 3.55. The second-order valence-corrected chi connectivity index (χ2v) is 7.21. The van der Waals surface area contributed by atoms with Crippen molar-refractivity contribution in [1.82, 2.24) is 4.90 Å². The number of nitrogens with zero attached hydrogens (tertiary/aromatic N) is 1. The van der Waals surface area contributed by atoms with E-state index in [1.54, 1.807) is 12.0 Å². The number of aliphatic hydroxyl groups excluding tert-OH is 1. The Morgan fingerprint density at radius 3 is 2.64 bits per heavy atom. The van der Waals surface area contributed by atoms with E-state index in [1.165, 1.54) is 0 Å². The molecule has 0 fully saturated rings. The summed E-state index contributed by atoms with van der Waals surface area (Å²) in [6.45, 7) is 5.73. The molecule has 2 rings (SSSR count). The first-order valence-corrected chi connectivity index (χ1v) is 8.01. The minimum atomic E-state index is -0.571. The third-order valence-electron chi connectivity index (χ3n) is 3.60. The average Bonchev–Trinajstić information content (AvgIpc) is 2.45. The Kier molecular flexibility index (Phi) is 5.02. The van der Waals surface area contributed by atoms with Crippen LogP contribution in [0.3, 0.4) is 0 Å². The molecule has 0 saturated carbocycles. The number of hydrogen-bond donors (Lipinski definition) is 1. The van der Waals surface area contributed by atoms with E-state index < -0.39 is 11.7 Å². The van der Waals surface area contributed by atoms with Crippen LogP contribution in [0.4, 0.5) is 4.79 Å². The summed E-state index contributed by atoms with van der Waals surface area (Å²) in [6.07, 6.45) is 0.141. The molecule has 1 atom stereocenters. The third-order valence-corrected chi connectivity index (χ3v) is 4.34. The quantitative estimate of drug-likeness (QED) is 0.867. The van der Waals surface area contributed by atoms with Crippen molar-refractivity contribution in [3.05, 3.63) is 27.7 Å². The minimum absolute atomic E-state index is 0.109. The summed E-state index contributed by atoms with van der Waals surface area (Å²) in [7, 11) is 1.61. The molecule has 6 heteroatoms. The Labute approximate surface area is 139 Å². The summed E-state index contributed by atoms with van der Waals surface area (Å²) in [5, 5.41) is 9.66. The molecule has 0 aromatic heterocycles. The summed E-state index contributed by atoms with van der Waals surface area (Å²) >= 11 is 3.54. The van der Waals surface area contributed by atoms with Crippen LogP contribution in [-0.2, 0) is 17.7 Å². The first-order valence-electron chi connectivity index (χ1n) is 7.21. The first kappa shape index (κ1) is 17.1. The molecule has 0 spiro atoms. The maximum atomic E-state index is 12.4. The highest BCUT2D eigenvalue weighted by molar-refractivity contribution is 9.10. The second kappa shape index (κ2) is 6.46. The van der Waals surface area contributed by atoms with Crippen LogP contribution >= 0.6 is 15.9 Å². The molecule has 1 N–H and O–H groups in total. The summed E-state index contributed by atoms with van der Waals surface area (Å²) < 4.78 is 11.8. The molecule has 0 aliphatic carbocycles. The lowest BCUT2D eigenvalue weighted by molar-refractivity contribution is 0.00436. The zero-order chi connectivity index (χ0) is 16.5. The fourth-order valence-electron chi connectivity index (χ4n) is 2.57. The molecular formula is C16H22BrNO4. The molecule has 1 aromatic carbocycles. The molecule has 5 nitrogen and oxygen atoms in total. The van der Waals surface area contributed by atoms with E-state index in [1.807, 2.05) is 32.9 Å². The monoisotopic (exact) mass is 371 g/mol. The van der Waals surface area contributed by atoms with E-state index in [0.717, 1.165) is 21.3 Å². The summed E-state index contributed by atoms with van der Waals surface area (Å²) in [5.74, 6) is 0.739. The van der Waals surface area contributed by atoms with Crippen LogP contribution < -0.4 is 4.74 Å². The second-order valence-electron chi connectivity index (χ2n) is 6.36. The van der Waals surface area contributed by atoms with Gasteiger partial charge in [0.15, 0.2) is 0 Å². The predicted octanol–water partition coefficient (Wildman–Crippen LogP) is 3.11. The number of rotatable bonds is 2. The van der Waals surface area contributed by atoms with Gasteiger partial charge in [-0.15, -0.1) is 0 Å². The number of halogens is 1. The fraction of sp³-hybridized carbons (Fsp3) is 0.562. The molecule has 0 radical (unpaired) electrons. The Balaban J connectivity index is 2.35. The van der Waals surface area contributed by atoms with Gasteiger partial charge in [-0.25, -0.2) is 4.79 Å². The highest BCUT2D eigenvalue weighted by Crippen LogP contribution is 2.36. The van der Waals surface area contributed by atoms with E-state index >= 15 is 0 Å². The number of fused-ring (bicyclic) bond motifs is 1. The summed E-state index contributed by atoms with van der Waals surface area (Å²) in [6, 6.07) is 3.50. The number of hydrogen-bond acceptors (Lipinski definition) is 4. The highest BCUT2D eigenvalue weighted by Gasteiger charge is 2.34. The van der Waals surface area contributed by atoms with Crippen LogP contribution in [0.15, 0.2) is 16.6 Å². The molecule has 1 aliphatic rings. The smallest absolute Gasteiger partial charge is 0.410 e.